The number of halogens is 1. The third-order valence-electron chi connectivity index (χ3n) is 4.76. The molecule has 3 aromatic rings. The molecule has 0 bridgehead atoms. The Morgan fingerprint density at radius 2 is 1.19 bits per heavy atom. The highest BCUT2D eigenvalue weighted by atomic mass is 35.5. The highest BCUT2D eigenvalue weighted by Gasteiger charge is 2.21. The number of nitrogens with two attached hydrogens (primary N) is 2. The van der Waals surface area contributed by atoms with E-state index in [1.165, 1.54) is 0 Å². The van der Waals surface area contributed by atoms with Gasteiger partial charge in [0.15, 0.2) is 0 Å². The van der Waals surface area contributed by atoms with Gasteiger partial charge in [-0.25, -0.2) is 0 Å². The summed E-state index contributed by atoms with van der Waals surface area (Å²) in [6.07, 6.45) is 0. The minimum atomic E-state index is -0.0335. The molecule has 3 rings (SSSR count). The molecule has 0 fully saturated rings. The maximum absolute atomic E-state index is 6.08. The van der Waals surface area contributed by atoms with Crippen LogP contribution in [0, 0.1) is 0 Å². The molecule has 32 heavy (non-hydrogen) atoms. The van der Waals surface area contributed by atoms with Crippen molar-refractivity contribution in [3.63, 3.8) is 0 Å². The van der Waals surface area contributed by atoms with Crippen LogP contribution < -0.4 is 21.3 Å². The fraction of sp³-hybridized carbons (Fsp3) is 0.400. The van der Waals surface area contributed by atoms with Crippen molar-refractivity contribution in [1.29, 1.82) is 0 Å². The van der Waals surface area contributed by atoms with Crippen molar-refractivity contribution < 1.29 is 0 Å². The summed E-state index contributed by atoms with van der Waals surface area (Å²) < 4.78 is 0. The van der Waals surface area contributed by atoms with Gasteiger partial charge in [0.2, 0.25) is 23.8 Å². The summed E-state index contributed by atoms with van der Waals surface area (Å²) in [4.78, 5) is 31.8. The predicted molar refractivity (Wildman–Crippen MR) is 126 cm³/mol. The van der Waals surface area contributed by atoms with Crippen LogP contribution in [-0.2, 0) is 13.1 Å². The van der Waals surface area contributed by atoms with Crippen LogP contribution >= 0.6 is 11.6 Å². The highest BCUT2D eigenvalue weighted by Crippen LogP contribution is 2.25. The summed E-state index contributed by atoms with van der Waals surface area (Å²) >= 11 is 6.08. The number of nitrogens with zero attached hydrogens (tertiary/aromatic N) is 9. The molecule has 2 heterocycles. The summed E-state index contributed by atoms with van der Waals surface area (Å²) in [6, 6.07) is 7.66. The molecule has 0 radical (unpaired) electrons. The van der Waals surface area contributed by atoms with Gasteiger partial charge in [-0.15, -0.1) is 0 Å². The quantitative estimate of drug-likeness (QED) is 0.511. The monoisotopic (exact) mass is 457 g/mol. The molecule has 0 saturated carbocycles. The van der Waals surface area contributed by atoms with Crippen LogP contribution in [0.1, 0.15) is 30.2 Å². The Bertz CT molecular complexity index is 996. The molecule has 170 valence electrons. The molecule has 11 nitrogen and oxygen atoms in total. The summed E-state index contributed by atoms with van der Waals surface area (Å²) in [5.41, 5.74) is 12.9. The van der Waals surface area contributed by atoms with Gasteiger partial charge in [-0.2, -0.15) is 29.9 Å². The molecule has 12 heteroatoms. The van der Waals surface area contributed by atoms with E-state index in [0.717, 1.165) is 5.56 Å². The third kappa shape index (κ3) is 5.89. The van der Waals surface area contributed by atoms with E-state index in [-0.39, 0.29) is 17.9 Å². The molecule has 0 amide bonds. The fourth-order valence-corrected chi connectivity index (χ4v) is 3.16. The van der Waals surface area contributed by atoms with Crippen molar-refractivity contribution >= 4 is 35.4 Å². The lowest BCUT2D eigenvalue weighted by molar-refractivity contribution is 0.182. The lowest BCUT2D eigenvalue weighted by Gasteiger charge is -2.28. The van der Waals surface area contributed by atoms with E-state index < -0.39 is 0 Å². The SMILES string of the molecule is C[C@@H](c1ccc(Cl)cc1)N(Cc1nc(N)nc(N(C)C)n1)Cc1nc(N)nc(N(C)C)n1. The largest absolute Gasteiger partial charge is 0.368 e. The topological polar surface area (TPSA) is 139 Å². The lowest BCUT2D eigenvalue weighted by atomic mass is 10.1. The van der Waals surface area contributed by atoms with Gasteiger partial charge in [0, 0.05) is 39.3 Å². The zero-order valence-electron chi connectivity index (χ0n) is 18.9. The lowest BCUT2D eigenvalue weighted by Crippen LogP contribution is -2.29. The number of anilines is 4. The van der Waals surface area contributed by atoms with E-state index in [1.54, 1.807) is 9.80 Å². The second-order valence-corrected chi connectivity index (χ2v) is 8.18. The molecule has 1 aromatic carbocycles. The van der Waals surface area contributed by atoms with E-state index in [4.69, 9.17) is 23.1 Å². The van der Waals surface area contributed by atoms with Crippen molar-refractivity contribution in [2.45, 2.75) is 26.1 Å². The van der Waals surface area contributed by atoms with E-state index in [2.05, 4.69) is 41.7 Å². The maximum Gasteiger partial charge on any atom is 0.229 e. The molecule has 0 aliphatic carbocycles. The van der Waals surface area contributed by atoms with E-state index >= 15 is 0 Å². The first-order valence-corrected chi connectivity index (χ1v) is 10.3. The van der Waals surface area contributed by atoms with E-state index in [9.17, 15) is 0 Å². The van der Waals surface area contributed by atoms with Crippen LogP contribution in [0.4, 0.5) is 23.8 Å². The van der Waals surface area contributed by atoms with Crippen LogP contribution in [0.2, 0.25) is 5.02 Å². The molecule has 0 aliphatic rings. The zero-order chi connectivity index (χ0) is 23.4. The Hall–Kier alpha value is -3.31. The van der Waals surface area contributed by atoms with Gasteiger partial charge >= 0.3 is 0 Å². The van der Waals surface area contributed by atoms with Crippen LogP contribution in [0.3, 0.4) is 0 Å². The van der Waals surface area contributed by atoms with Gasteiger partial charge in [0.25, 0.3) is 0 Å². The van der Waals surface area contributed by atoms with Gasteiger partial charge in [0.05, 0.1) is 13.1 Å². The number of hydrogen-bond acceptors (Lipinski definition) is 11. The van der Waals surface area contributed by atoms with Crippen molar-refractivity contribution in [2.75, 3.05) is 49.5 Å². The molecular weight excluding hydrogens is 430 g/mol. The van der Waals surface area contributed by atoms with Crippen LogP contribution in [0.5, 0.6) is 0 Å². The van der Waals surface area contributed by atoms with Crippen molar-refractivity contribution in [1.82, 2.24) is 34.8 Å². The molecule has 0 saturated heterocycles. The molecular formula is C20H28ClN11. The van der Waals surface area contributed by atoms with Crippen molar-refractivity contribution in [3.05, 3.63) is 46.5 Å². The third-order valence-corrected chi connectivity index (χ3v) is 5.02. The first-order valence-electron chi connectivity index (χ1n) is 9.97. The Morgan fingerprint density at radius 3 is 1.59 bits per heavy atom. The molecule has 2 aromatic heterocycles. The minimum Gasteiger partial charge on any atom is -0.368 e. The van der Waals surface area contributed by atoms with Crippen molar-refractivity contribution in [3.8, 4) is 0 Å². The smallest absolute Gasteiger partial charge is 0.229 e. The van der Waals surface area contributed by atoms with Gasteiger partial charge < -0.3 is 21.3 Å². The standard InChI is InChI=1S/C20H28ClN11/c1-12(13-6-8-14(21)9-7-13)32(10-15-24-17(22)28-19(26-15)30(2)3)11-16-25-18(23)29-20(27-16)31(4)5/h6-9,12H,10-11H2,1-5H3,(H2,22,24,26,28)(H2,23,25,27,29)/t12-/m0/s1. The number of hydrogen-bond donors (Lipinski definition) is 2. The molecule has 0 spiro atoms. The second-order valence-electron chi connectivity index (χ2n) is 7.74. The maximum atomic E-state index is 6.08. The Labute approximate surface area is 192 Å². The highest BCUT2D eigenvalue weighted by molar-refractivity contribution is 6.30. The molecule has 1 atom stereocenters. The van der Waals surface area contributed by atoms with Crippen LogP contribution in [0.15, 0.2) is 24.3 Å². The van der Waals surface area contributed by atoms with Gasteiger partial charge in [-0.05, 0) is 24.6 Å². The van der Waals surface area contributed by atoms with Gasteiger partial charge in [0.1, 0.15) is 11.6 Å². The first-order chi connectivity index (χ1) is 15.1. The minimum absolute atomic E-state index is 0.0335. The summed E-state index contributed by atoms with van der Waals surface area (Å²) in [5.74, 6) is 2.39. The Balaban J connectivity index is 1.97. The Kier molecular flexibility index (Phi) is 7.21. The molecule has 0 unspecified atom stereocenters. The van der Waals surface area contributed by atoms with Crippen LogP contribution in [-0.4, -0.2) is 63.0 Å². The van der Waals surface area contributed by atoms with Gasteiger partial charge in [-0.3, -0.25) is 4.90 Å². The predicted octanol–water partition coefficient (Wildman–Crippen LogP) is 1.77. The number of nitrogen functional groups attached to an aromatic ring is 2. The fourth-order valence-electron chi connectivity index (χ4n) is 3.04. The average Bonchev–Trinajstić information content (AvgIpc) is 2.72. The zero-order valence-corrected chi connectivity index (χ0v) is 19.6. The second kappa shape index (κ2) is 9.88. The number of aromatic nitrogens is 6. The molecule has 0 aliphatic heterocycles. The summed E-state index contributed by atoms with van der Waals surface area (Å²) in [5, 5.41) is 0.675. The molecule has 4 N–H and O–H groups in total. The van der Waals surface area contributed by atoms with Crippen molar-refractivity contribution in [2.24, 2.45) is 0 Å². The average molecular weight is 458 g/mol. The first kappa shape index (κ1) is 23.4. The normalized spacial score (nSPS) is 12.1. The van der Waals surface area contributed by atoms with Gasteiger partial charge in [-0.1, -0.05) is 23.7 Å². The Morgan fingerprint density at radius 1 is 0.750 bits per heavy atom. The number of benzene rings is 1. The summed E-state index contributed by atoms with van der Waals surface area (Å²) in [6.45, 7) is 2.86. The summed E-state index contributed by atoms with van der Waals surface area (Å²) in [7, 11) is 7.40. The van der Waals surface area contributed by atoms with E-state index in [0.29, 0.717) is 41.7 Å². The number of rotatable bonds is 8. The van der Waals surface area contributed by atoms with Crippen LogP contribution in [0.25, 0.3) is 0 Å². The van der Waals surface area contributed by atoms with E-state index in [1.807, 2.05) is 52.5 Å².